The molecule has 0 fully saturated rings. The summed E-state index contributed by atoms with van der Waals surface area (Å²) in [6.45, 7) is 12.5. The summed E-state index contributed by atoms with van der Waals surface area (Å²) in [7, 11) is 0. The average molecular weight is 410 g/mol. The van der Waals surface area contributed by atoms with Crippen molar-refractivity contribution < 1.29 is 19.1 Å². The molecular formula is C25H31NO4. The molecule has 0 aliphatic rings. The Labute approximate surface area is 178 Å². The van der Waals surface area contributed by atoms with Crippen molar-refractivity contribution in [3.05, 3.63) is 41.6 Å². The quantitative estimate of drug-likeness (QED) is 0.368. The van der Waals surface area contributed by atoms with Crippen molar-refractivity contribution >= 4 is 33.6 Å². The van der Waals surface area contributed by atoms with Crippen LogP contribution in [0.15, 0.2) is 30.3 Å². The molecule has 0 saturated carbocycles. The second kappa shape index (κ2) is 8.50. The highest BCUT2D eigenvalue weighted by Crippen LogP contribution is 2.39. The van der Waals surface area contributed by atoms with Crippen molar-refractivity contribution in [3.63, 3.8) is 0 Å². The Balaban J connectivity index is 2.36. The van der Waals surface area contributed by atoms with Crippen LogP contribution in [-0.4, -0.2) is 23.1 Å². The number of esters is 2. The van der Waals surface area contributed by atoms with Crippen LogP contribution in [0.3, 0.4) is 0 Å². The van der Waals surface area contributed by atoms with E-state index >= 15 is 0 Å². The molecule has 3 rings (SSSR count). The molecule has 3 aromatic rings. The molecule has 0 atom stereocenters. The maximum absolute atomic E-state index is 12.9. The number of fused-ring (bicyclic) bond motifs is 3. The number of hydrogen-bond donors (Lipinski definition) is 0. The van der Waals surface area contributed by atoms with Crippen LogP contribution in [0.4, 0.5) is 0 Å². The smallest absolute Gasteiger partial charge is 0.340 e. The molecule has 0 unspecified atom stereocenters. The van der Waals surface area contributed by atoms with Crippen molar-refractivity contribution in [1.82, 2.24) is 4.57 Å². The number of benzene rings is 2. The summed E-state index contributed by atoms with van der Waals surface area (Å²) in [5.74, 6) is -0.193. The number of unbranched alkanes of at least 4 members (excludes halogenated alkanes) is 1. The average Bonchev–Trinajstić information content (AvgIpc) is 2.97. The third kappa shape index (κ3) is 3.93. The first kappa shape index (κ1) is 21.9. The van der Waals surface area contributed by atoms with Crippen LogP contribution >= 0.6 is 0 Å². The fraction of sp³-hybridized carbons (Fsp3) is 0.440. The number of aromatic nitrogens is 1. The first-order chi connectivity index (χ1) is 14.2. The molecule has 2 aromatic carbocycles. The highest BCUT2D eigenvalue weighted by Gasteiger charge is 2.27. The van der Waals surface area contributed by atoms with Crippen molar-refractivity contribution in [3.8, 4) is 5.75 Å². The van der Waals surface area contributed by atoms with Gasteiger partial charge in [-0.2, -0.15) is 0 Å². The highest BCUT2D eigenvalue weighted by molar-refractivity contribution is 6.16. The van der Waals surface area contributed by atoms with Crippen molar-refractivity contribution in [2.24, 2.45) is 5.41 Å². The van der Waals surface area contributed by atoms with Crippen LogP contribution in [0.25, 0.3) is 21.7 Å². The van der Waals surface area contributed by atoms with Gasteiger partial charge in [0.15, 0.2) is 0 Å². The Hall–Kier alpha value is -2.82. The van der Waals surface area contributed by atoms with Crippen LogP contribution < -0.4 is 4.74 Å². The molecule has 0 amide bonds. The summed E-state index contributed by atoms with van der Waals surface area (Å²) < 4.78 is 13.4. The summed E-state index contributed by atoms with van der Waals surface area (Å²) in [4.78, 5) is 25.5. The molecule has 0 spiro atoms. The molecule has 0 aliphatic carbocycles. The van der Waals surface area contributed by atoms with Gasteiger partial charge in [0, 0.05) is 28.4 Å². The van der Waals surface area contributed by atoms with Gasteiger partial charge in [-0.05, 0) is 47.1 Å². The van der Waals surface area contributed by atoms with Crippen molar-refractivity contribution in [2.45, 2.75) is 60.9 Å². The lowest BCUT2D eigenvalue weighted by atomic mass is 9.97. The third-order valence-electron chi connectivity index (χ3n) is 5.31. The summed E-state index contributed by atoms with van der Waals surface area (Å²) in [6.07, 6.45) is 2.05. The second-order valence-corrected chi connectivity index (χ2v) is 8.64. The SMILES string of the molecule is CCCCn1c(C)c(C(=O)OCC)c2cc(OC(=O)C(C)(C)C)c3ccccc3c21. The number of aryl methyl sites for hydroxylation is 1. The Kier molecular flexibility index (Phi) is 6.20. The van der Waals surface area contributed by atoms with Gasteiger partial charge in [0.2, 0.25) is 0 Å². The Morgan fingerprint density at radius 2 is 1.70 bits per heavy atom. The molecule has 0 N–H and O–H groups in total. The zero-order valence-corrected chi connectivity index (χ0v) is 18.8. The van der Waals surface area contributed by atoms with Gasteiger partial charge in [-0.3, -0.25) is 4.79 Å². The van der Waals surface area contributed by atoms with E-state index in [1.54, 1.807) is 6.92 Å². The van der Waals surface area contributed by atoms with E-state index in [9.17, 15) is 9.59 Å². The first-order valence-electron chi connectivity index (χ1n) is 10.6. The van der Waals surface area contributed by atoms with Gasteiger partial charge in [0.05, 0.1) is 23.1 Å². The number of hydrogen-bond acceptors (Lipinski definition) is 4. The van der Waals surface area contributed by atoms with Crippen LogP contribution in [0, 0.1) is 12.3 Å². The van der Waals surface area contributed by atoms with Crippen LogP contribution in [0.1, 0.15) is 63.5 Å². The lowest BCUT2D eigenvalue weighted by Crippen LogP contribution is -2.25. The molecule has 1 heterocycles. The Bertz CT molecular complexity index is 1100. The fourth-order valence-corrected chi connectivity index (χ4v) is 3.70. The summed E-state index contributed by atoms with van der Waals surface area (Å²) in [5, 5.41) is 2.58. The summed E-state index contributed by atoms with van der Waals surface area (Å²) in [5.41, 5.74) is 1.77. The predicted molar refractivity (Wildman–Crippen MR) is 120 cm³/mol. The van der Waals surface area contributed by atoms with E-state index in [1.807, 2.05) is 58.0 Å². The minimum atomic E-state index is -0.636. The van der Waals surface area contributed by atoms with Gasteiger partial charge in [-0.1, -0.05) is 37.6 Å². The minimum absolute atomic E-state index is 0.305. The number of rotatable bonds is 6. The van der Waals surface area contributed by atoms with Gasteiger partial charge in [-0.15, -0.1) is 0 Å². The zero-order valence-electron chi connectivity index (χ0n) is 18.8. The third-order valence-corrected chi connectivity index (χ3v) is 5.31. The molecule has 5 nitrogen and oxygen atoms in total. The van der Waals surface area contributed by atoms with Gasteiger partial charge in [-0.25, -0.2) is 4.79 Å². The van der Waals surface area contributed by atoms with Crippen molar-refractivity contribution in [2.75, 3.05) is 6.61 Å². The summed E-state index contributed by atoms with van der Waals surface area (Å²) >= 11 is 0. The topological polar surface area (TPSA) is 57.5 Å². The molecule has 0 bridgehead atoms. The molecule has 0 saturated heterocycles. The van der Waals surface area contributed by atoms with E-state index < -0.39 is 5.41 Å². The van der Waals surface area contributed by atoms with Gasteiger partial charge >= 0.3 is 11.9 Å². The van der Waals surface area contributed by atoms with Crippen LogP contribution in [0.2, 0.25) is 0 Å². The number of ether oxygens (including phenoxy) is 2. The maximum Gasteiger partial charge on any atom is 0.340 e. The lowest BCUT2D eigenvalue weighted by Gasteiger charge is -2.18. The lowest BCUT2D eigenvalue weighted by molar-refractivity contribution is -0.142. The number of carbonyl (C=O) groups excluding carboxylic acids is 2. The normalized spacial score (nSPS) is 11.8. The van der Waals surface area contributed by atoms with E-state index in [2.05, 4.69) is 11.5 Å². The number of carbonyl (C=O) groups is 2. The predicted octanol–water partition coefficient (Wildman–Crippen LogP) is 6.03. The molecule has 5 heteroatoms. The highest BCUT2D eigenvalue weighted by atomic mass is 16.5. The standard InChI is InChI=1S/C25H31NO4/c1-7-9-14-26-16(3)21(23(27)29-8-2)19-15-20(30-24(28)25(4,5)6)17-12-10-11-13-18(17)22(19)26/h10-13,15H,7-9,14H2,1-6H3. The molecule has 30 heavy (non-hydrogen) atoms. The van der Waals surface area contributed by atoms with E-state index in [0.29, 0.717) is 17.9 Å². The molecule has 0 radical (unpaired) electrons. The second-order valence-electron chi connectivity index (χ2n) is 8.64. The van der Waals surface area contributed by atoms with Crippen LogP contribution in [-0.2, 0) is 16.1 Å². The van der Waals surface area contributed by atoms with Crippen molar-refractivity contribution in [1.29, 1.82) is 0 Å². The summed E-state index contributed by atoms with van der Waals surface area (Å²) in [6, 6.07) is 9.69. The van der Waals surface area contributed by atoms with Crippen LogP contribution in [0.5, 0.6) is 5.75 Å². The van der Waals surface area contributed by atoms with Gasteiger partial charge in [0.1, 0.15) is 5.75 Å². The maximum atomic E-state index is 12.9. The fourth-order valence-electron chi connectivity index (χ4n) is 3.70. The molecule has 0 aliphatic heterocycles. The Morgan fingerprint density at radius 1 is 1.03 bits per heavy atom. The largest absolute Gasteiger partial charge is 0.462 e. The van der Waals surface area contributed by atoms with E-state index in [1.165, 1.54) is 0 Å². The monoisotopic (exact) mass is 409 g/mol. The molecular weight excluding hydrogens is 378 g/mol. The molecule has 1 aromatic heterocycles. The zero-order chi connectivity index (χ0) is 22.1. The molecule has 160 valence electrons. The number of nitrogens with zero attached hydrogens (tertiary/aromatic N) is 1. The van der Waals surface area contributed by atoms with E-state index in [4.69, 9.17) is 9.47 Å². The Morgan fingerprint density at radius 3 is 2.30 bits per heavy atom. The van der Waals surface area contributed by atoms with E-state index in [0.717, 1.165) is 46.8 Å². The minimum Gasteiger partial charge on any atom is -0.462 e. The van der Waals surface area contributed by atoms with E-state index in [-0.39, 0.29) is 11.9 Å². The first-order valence-corrected chi connectivity index (χ1v) is 10.6. The van der Waals surface area contributed by atoms with Gasteiger partial charge in [0.25, 0.3) is 0 Å². The van der Waals surface area contributed by atoms with Gasteiger partial charge < -0.3 is 14.0 Å².